The van der Waals surface area contributed by atoms with Crippen molar-refractivity contribution in [2.24, 2.45) is 0 Å². The molecule has 2 heterocycles. The molecular weight excluding hydrogens is 320 g/mol. The van der Waals surface area contributed by atoms with E-state index in [4.69, 9.17) is 11.6 Å². The molecule has 1 aliphatic rings. The summed E-state index contributed by atoms with van der Waals surface area (Å²) in [6.07, 6.45) is 1.74. The maximum absolute atomic E-state index is 11.7. The van der Waals surface area contributed by atoms with Crippen LogP contribution in [-0.4, -0.2) is 15.7 Å². The van der Waals surface area contributed by atoms with E-state index in [1.165, 1.54) is 0 Å². The van der Waals surface area contributed by atoms with Crippen molar-refractivity contribution in [3.63, 3.8) is 0 Å². The minimum absolute atomic E-state index is 0.333. The zero-order valence-corrected chi connectivity index (χ0v) is 13.6. The van der Waals surface area contributed by atoms with E-state index in [1.807, 2.05) is 44.2 Å². The first kappa shape index (κ1) is 14.9. The van der Waals surface area contributed by atoms with Crippen LogP contribution in [0.5, 0.6) is 0 Å². The highest BCUT2D eigenvalue weighted by atomic mass is 35.5. The molecule has 1 fully saturated rings. The number of thioether (sulfide) groups is 1. The molecule has 112 valence electrons. The minimum Gasteiger partial charge on any atom is -0.318 e. The van der Waals surface area contributed by atoms with Crippen molar-refractivity contribution >= 4 is 40.6 Å². The normalized spacial score (nSPS) is 16.4. The van der Waals surface area contributed by atoms with Crippen LogP contribution in [0.4, 0.5) is 4.79 Å². The maximum atomic E-state index is 11.7. The van der Waals surface area contributed by atoms with Gasteiger partial charge in [-0.1, -0.05) is 17.7 Å². The van der Waals surface area contributed by atoms with Crippen molar-refractivity contribution in [2.45, 2.75) is 13.8 Å². The fourth-order valence-electron chi connectivity index (χ4n) is 2.51. The Morgan fingerprint density at radius 2 is 2.00 bits per heavy atom. The number of nitrogens with one attached hydrogen (secondary N) is 1. The van der Waals surface area contributed by atoms with Gasteiger partial charge in [0, 0.05) is 22.1 Å². The van der Waals surface area contributed by atoms with Crippen LogP contribution in [0.15, 0.2) is 35.2 Å². The van der Waals surface area contributed by atoms with Crippen molar-refractivity contribution in [3.05, 3.63) is 57.2 Å². The Kier molecular flexibility index (Phi) is 3.85. The first-order valence-corrected chi connectivity index (χ1v) is 7.85. The highest BCUT2D eigenvalue weighted by molar-refractivity contribution is 8.18. The van der Waals surface area contributed by atoms with Crippen LogP contribution in [-0.2, 0) is 4.79 Å². The van der Waals surface area contributed by atoms with Crippen molar-refractivity contribution in [3.8, 4) is 5.69 Å². The van der Waals surface area contributed by atoms with E-state index < -0.39 is 0 Å². The molecule has 2 aromatic rings. The standard InChI is InChI=1S/C16H13ClN2O2S/c1-9-6-11(7-14-15(20)18-16(21)22-14)10(2)19(9)13-5-3-4-12(17)8-13/h3-8H,1-2H3,(H,18,20,21)/b14-7-. The molecule has 6 heteroatoms. The fourth-order valence-corrected chi connectivity index (χ4v) is 3.37. The van der Waals surface area contributed by atoms with E-state index in [1.54, 1.807) is 6.08 Å². The number of nitrogens with zero attached hydrogens (tertiary/aromatic N) is 1. The Labute approximate surface area is 137 Å². The third-order valence-electron chi connectivity index (χ3n) is 3.47. The lowest BCUT2D eigenvalue weighted by Crippen LogP contribution is -2.17. The van der Waals surface area contributed by atoms with Gasteiger partial charge in [0.05, 0.1) is 4.91 Å². The second-order valence-electron chi connectivity index (χ2n) is 4.99. The summed E-state index contributed by atoms with van der Waals surface area (Å²) in [5.41, 5.74) is 3.89. The van der Waals surface area contributed by atoms with Crippen LogP contribution >= 0.6 is 23.4 Å². The van der Waals surface area contributed by atoms with Gasteiger partial charge in [0.25, 0.3) is 11.1 Å². The van der Waals surface area contributed by atoms with Crippen molar-refractivity contribution in [2.75, 3.05) is 0 Å². The topological polar surface area (TPSA) is 51.1 Å². The SMILES string of the molecule is Cc1cc(/C=C2\SC(=O)NC2=O)c(C)n1-c1cccc(Cl)c1. The molecule has 0 unspecified atom stereocenters. The van der Waals surface area contributed by atoms with E-state index in [2.05, 4.69) is 9.88 Å². The molecule has 0 saturated carbocycles. The Hall–Kier alpha value is -1.98. The third-order valence-corrected chi connectivity index (χ3v) is 4.51. The molecule has 0 radical (unpaired) electrons. The molecule has 0 aliphatic carbocycles. The molecule has 1 aliphatic heterocycles. The number of carbonyl (C=O) groups is 2. The number of hydrogen-bond acceptors (Lipinski definition) is 3. The molecule has 22 heavy (non-hydrogen) atoms. The largest absolute Gasteiger partial charge is 0.318 e. The van der Waals surface area contributed by atoms with E-state index in [9.17, 15) is 9.59 Å². The minimum atomic E-state index is -0.345. The molecule has 4 nitrogen and oxygen atoms in total. The van der Waals surface area contributed by atoms with Gasteiger partial charge < -0.3 is 4.57 Å². The van der Waals surface area contributed by atoms with E-state index >= 15 is 0 Å². The molecule has 0 spiro atoms. The monoisotopic (exact) mass is 332 g/mol. The quantitative estimate of drug-likeness (QED) is 0.843. The molecule has 1 aromatic carbocycles. The van der Waals surface area contributed by atoms with Gasteiger partial charge in [0.15, 0.2) is 0 Å². The summed E-state index contributed by atoms with van der Waals surface area (Å²) in [5, 5.41) is 2.59. The van der Waals surface area contributed by atoms with Gasteiger partial charge in [-0.25, -0.2) is 0 Å². The van der Waals surface area contributed by atoms with Gasteiger partial charge in [-0.2, -0.15) is 0 Å². The van der Waals surface area contributed by atoms with Crippen LogP contribution in [0.2, 0.25) is 5.02 Å². The second-order valence-corrected chi connectivity index (χ2v) is 6.45. The lowest BCUT2D eigenvalue weighted by molar-refractivity contribution is -0.115. The molecule has 3 rings (SSSR count). The van der Waals surface area contributed by atoms with Gasteiger partial charge in [0.1, 0.15) is 0 Å². The average Bonchev–Trinajstić information content (AvgIpc) is 2.90. The van der Waals surface area contributed by atoms with Gasteiger partial charge in [-0.3, -0.25) is 14.9 Å². The van der Waals surface area contributed by atoms with Crippen molar-refractivity contribution in [1.82, 2.24) is 9.88 Å². The van der Waals surface area contributed by atoms with Crippen LogP contribution < -0.4 is 5.32 Å². The summed E-state index contributed by atoms with van der Waals surface area (Å²) in [5.74, 6) is -0.345. The Balaban J connectivity index is 2.06. The number of aromatic nitrogens is 1. The van der Waals surface area contributed by atoms with Crippen LogP contribution in [0.3, 0.4) is 0 Å². The summed E-state index contributed by atoms with van der Waals surface area (Å²) in [7, 11) is 0. The number of benzene rings is 1. The van der Waals surface area contributed by atoms with Crippen LogP contribution in [0.1, 0.15) is 17.0 Å². The molecule has 1 saturated heterocycles. The van der Waals surface area contributed by atoms with Crippen molar-refractivity contribution < 1.29 is 9.59 Å². The lowest BCUT2D eigenvalue weighted by Gasteiger charge is -2.09. The number of imide groups is 1. The molecule has 0 atom stereocenters. The summed E-state index contributed by atoms with van der Waals surface area (Å²) in [6, 6.07) is 9.57. The predicted octanol–water partition coefficient (Wildman–Crippen LogP) is 4.07. The number of rotatable bonds is 2. The summed E-state index contributed by atoms with van der Waals surface area (Å²) < 4.78 is 2.07. The molecule has 0 bridgehead atoms. The van der Waals surface area contributed by atoms with Crippen molar-refractivity contribution in [1.29, 1.82) is 0 Å². The average molecular weight is 333 g/mol. The van der Waals surface area contributed by atoms with Gasteiger partial charge in [-0.05, 0) is 61.5 Å². The summed E-state index contributed by atoms with van der Waals surface area (Å²) in [4.78, 5) is 23.3. The fraction of sp³-hybridized carbons (Fsp3) is 0.125. The zero-order valence-electron chi connectivity index (χ0n) is 12.0. The van der Waals surface area contributed by atoms with E-state index in [0.29, 0.717) is 9.93 Å². The Morgan fingerprint density at radius 3 is 2.64 bits per heavy atom. The molecule has 1 N–H and O–H groups in total. The number of halogens is 1. The lowest BCUT2D eigenvalue weighted by atomic mass is 10.2. The van der Waals surface area contributed by atoms with E-state index in [-0.39, 0.29) is 11.1 Å². The number of carbonyl (C=O) groups excluding carboxylic acids is 2. The highest BCUT2D eigenvalue weighted by Crippen LogP contribution is 2.29. The number of amides is 2. The molecular formula is C16H13ClN2O2S. The molecule has 1 aromatic heterocycles. The summed E-state index contributed by atoms with van der Waals surface area (Å²) in [6.45, 7) is 3.96. The molecule has 2 amide bonds. The van der Waals surface area contributed by atoms with Crippen LogP contribution in [0, 0.1) is 13.8 Å². The zero-order chi connectivity index (χ0) is 15.9. The van der Waals surface area contributed by atoms with Gasteiger partial charge in [-0.15, -0.1) is 0 Å². The number of hydrogen-bond donors (Lipinski definition) is 1. The van der Waals surface area contributed by atoms with Gasteiger partial charge in [0.2, 0.25) is 0 Å². The summed E-state index contributed by atoms with van der Waals surface area (Å²) >= 11 is 6.98. The second kappa shape index (κ2) is 5.66. The smallest absolute Gasteiger partial charge is 0.290 e. The Bertz CT molecular complexity index is 824. The first-order valence-electron chi connectivity index (χ1n) is 6.65. The maximum Gasteiger partial charge on any atom is 0.290 e. The van der Waals surface area contributed by atoms with Crippen LogP contribution in [0.25, 0.3) is 11.8 Å². The third kappa shape index (κ3) is 2.69. The number of aryl methyl sites for hydroxylation is 1. The highest BCUT2D eigenvalue weighted by Gasteiger charge is 2.25. The predicted molar refractivity (Wildman–Crippen MR) is 89.4 cm³/mol. The van der Waals surface area contributed by atoms with E-state index in [0.717, 1.165) is 34.4 Å². The Morgan fingerprint density at radius 1 is 1.23 bits per heavy atom. The first-order chi connectivity index (χ1) is 10.5. The van der Waals surface area contributed by atoms with Gasteiger partial charge >= 0.3 is 0 Å².